The van der Waals surface area contributed by atoms with Crippen molar-refractivity contribution in [2.45, 2.75) is 6.54 Å². The van der Waals surface area contributed by atoms with E-state index in [1.807, 2.05) is 6.07 Å². The van der Waals surface area contributed by atoms with E-state index in [4.69, 9.17) is 16.7 Å². The van der Waals surface area contributed by atoms with E-state index in [-0.39, 0.29) is 28.2 Å². The lowest BCUT2D eigenvalue weighted by Gasteiger charge is -2.06. The van der Waals surface area contributed by atoms with Crippen LogP contribution in [0.1, 0.15) is 20.8 Å². The molecule has 0 saturated carbocycles. The zero-order valence-corrected chi connectivity index (χ0v) is 11.4. The second-order valence-corrected chi connectivity index (χ2v) is 5.13. The molecule has 0 aliphatic heterocycles. The van der Waals surface area contributed by atoms with Crippen LogP contribution in [0.15, 0.2) is 18.2 Å². The zero-order chi connectivity index (χ0) is 15.6. The van der Waals surface area contributed by atoms with Crippen LogP contribution in [0, 0.1) is 23.0 Å². The van der Waals surface area contributed by atoms with Crippen LogP contribution in [0.2, 0.25) is 0 Å². The van der Waals surface area contributed by atoms with Gasteiger partial charge in [0.05, 0.1) is 5.69 Å². The summed E-state index contributed by atoms with van der Waals surface area (Å²) in [6, 6.07) is 5.04. The summed E-state index contributed by atoms with van der Waals surface area (Å²) in [6.07, 6.45) is 0. The molecule has 0 radical (unpaired) electrons. The number of primary amides is 1. The molecule has 5 N–H and O–H groups in total. The highest BCUT2D eigenvalue weighted by atomic mass is 32.1. The van der Waals surface area contributed by atoms with E-state index < -0.39 is 17.5 Å². The molecule has 0 spiro atoms. The lowest BCUT2D eigenvalue weighted by Crippen LogP contribution is -2.10. The third-order valence-corrected chi connectivity index (χ3v) is 3.91. The van der Waals surface area contributed by atoms with Gasteiger partial charge in [-0.3, -0.25) is 4.79 Å². The van der Waals surface area contributed by atoms with Crippen molar-refractivity contribution < 1.29 is 13.6 Å². The number of nitrogen functional groups attached to an aromatic ring is 1. The molecule has 8 heteroatoms. The number of thiophene rings is 1. The van der Waals surface area contributed by atoms with Crippen molar-refractivity contribution in [2.75, 3.05) is 11.1 Å². The number of benzene rings is 1. The van der Waals surface area contributed by atoms with Crippen LogP contribution in [0.25, 0.3) is 0 Å². The van der Waals surface area contributed by atoms with Crippen LogP contribution in [-0.4, -0.2) is 5.91 Å². The van der Waals surface area contributed by atoms with Crippen molar-refractivity contribution in [3.63, 3.8) is 0 Å². The molecule has 1 amide bonds. The molecule has 0 atom stereocenters. The number of anilines is 2. The van der Waals surface area contributed by atoms with E-state index in [2.05, 4.69) is 5.32 Å². The Labute approximate surface area is 122 Å². The Morgan fingerprint density at radius 1 is 1.43 bits per heavy atom. The second-order valence-electron chi connectivity index (χ2n) is 4.11. The van der Waals surface area contributed by atoms with Crippen molar-refractivity contribution in [1.82, 2.24) is 0 Å². The number of carbonyl (C=O) groups excluding carboxylic acids is 1. The van der Waals surface area contributed by atoms with Crippen LogP contribution in [0.4, 0.5) is 19.5 Å². The van der Waals surface area contributed by atoms with Gasteiger partial charge in [-0.2, -0.15) is 5.26 Å². The summed E-state index contributed by atoms with van der Waals surface area (Å²) in [7, 11) is 0. The lowest BCUT2D eigenvalue weighted by atomic mass is 10.2. The molecule has 0 saturated heterocycles. The normalized spacial score (nSPS) is 10.1. The number of nitriles is 1. The molecule has 2 rings (SSSR count). The SMILES string of the molecule is N#Cc1c(NCc2ccc(F)cc2F)sc(C(N)=O)c1N. The standard InChI is InChI=1S/C13H10F2N4OS/c14-7-2-1-6(9(15)3-7)5-19-13-8(4-16)10(17)11(21-13)12(18)20/h1-3,19H,5,17H2,(H2,18,20). The quantitative estimate of drug-likeness (QED) is 0.805. The average Bonchev–Trinajstić information content (AvgIpc) is 2.74. The highest BCUT2D eigenvalue weighted by Crippen LogP contribution is 2.35. The maximum atomic E-state index is 13.5. The van der Waals surface area contributed by atoms with Crippen LogP contribution in [0.5, 0.6) is 0 Å². The molecule has 5 nitrogen and oxygen atoms in total. The van der Waals surface area contributed by atoms with Gasteiger partial charge in [0.25, 0.3) is 5.91 Å². The lowest BCUT2D eigenvalue weighted by molar-refractivity contribution is 0.100. The molecule has 0 unspecified atom stereocenters. The van der Waals surface area contributed by atoms with Crippen molar-refractivity contribution in [3.05, 3.63) is 45.8 Å². The van der Waals surface area contributed by atoms with Gasteiger partial charge in [-0.25, -0.2) is 8.78 Å². The Kier molecular flexibility index (Phi) is 4.05. The summed E-state index contributed by atoms with van der Waals surface area (Å²) >= 11 is 0.917. The monoisotopic (exact) mass is 308 g/mol. The van der Waals surface area contributed by atoms with Gasteiger partial charge >= 0.3 is 0 Å². The highest BCUT2D eigenvalue weighted by molar-refractivity contribution is 7.18. The van der Waals surface area contributed by atoms with Crippen LogP contribution < -0.4 is 16.8 Å². The van der Waals surface area contributed by atoms with Gasteiger partial charge < -0.3 is 16.8 Å². The zero-order valence-electron chi connectivity index (χ0n) is 10.6. The van der Waals surface area contributed by atoms with Gasteiger partial charge in [0, 0.05) is 18.2 Å². The minimum Gasteiger partial charge on any atom is -0.396 e. The second kappa shape index (κ2) is 5.76. The maximum Gasteiger partial charge on any atom is 0.261 e. The predicted molar refractivity (Wildman–Crippen MR) is 75.6 cm³/mol. The van der Waals surface area contributed by atoms with Gasteiger partial charge in [0.1, 0.15) is 33.1 Å². The van der Waals surface area contributed by atoms with E-state index in [1.54, 1.807) is 0 Å². The fourth-order valence-corrected chi connectivity index (χ4v) is 2.62. The molecule has 1 heterocycles. The fraction of sp³-hybridized carbons (Fsp3) is 0.0769. The molecule has 21 heavy (non-hydrogen) atoms. The first-order valence-electron chi connectivity index (χ1n) is 5.74. The van der Waals surface area contributed by atoms with Gasteiger partial charge in [-0.15, -0.1) is 11.3 Å². The number of amides is 1. The summed E-state index contributed by atoms with van der Waals surface area (Å²) in [5, 5.41) is 12.2. The summed E-state index contributed by atoms with van der Waals surface area (Å²) < 4.78 is 26.3. The Morgan fingerprint density at radius 2 is 2.14 bits per heavy atom. The molecule has 0 aliphatic carbocycles. The minimum absolute atomic E-state index is 0.00271. The van der Waals surface area contributed by atoms with Gasteiger partial charge in [-0.05, 0) is 6.07 Å². The van der Waals surface area contributed by atoms with Crippen molar-refractivity contribution >= 4 is 27.9 Å². The van der Waals surface area contributed by atoms with E-state index in [9.17, 15) is 13.6 Å². The van der Waals surface area contributed by atoms with E-state index in [0.717, 1.165) is 23.5 Å². The molecule has 108 valence electrons. The summed E-state index contributed by atoms with van der Waals surface area (Å²) in [4.78, 5) is 11.2. The Morgan fingerprint density at radius 3 is 2.71 bits per heavy atom. The van der Waals surface area contributed by atoms with Crippen LogP contribution >= 0.6 is 11.3 Å². The number of hydrogen-bond acceptors (Lipinski definition) is 5. The number of nitrogens with one attached hydrogen (secondary N) is 1. The Bertz CT molecular complexity index is 751. The molecule has 0 aliphatic rings. The van der Waals surface area contributed by atoms with E-state index in [0.29, 0.717) is 5.00 Å². The first-order chi connectivity index (χ1) is 9.93. The predicted octanol–water partition coefficient (Wildman–Crippen LogP) is 2.19. The summed E-state index contributed by atoms with van der Waals surface area (Å²) in [5.74, 6) is -2.12. The van der Waals surface area contributed by atoms with Crippen LogP contribution in [-0.2, 0) is 6.54 Å². The van der Waals surface area contributed by atoms with Crippen molar-refractivity contribution in [3.8, 4) is 6.07 Å². The maximum absolute atomic E-state index is 13.5. The van der Waals surface area contributed by atoms with Gasteiger partial charge in [0.2, 0.25) is 0 Å². The van der Waals surface area contributed by atoms with E-state index in [1.165, 1.54) is 6.07 Å². The average molecular weight is 308 g/mol. The smallest absolute Gasteiger partial charge is 0.261 e. The minimum atomic E-state index is -0.741. The fourth-order valence-electron chi connectivity index (χ4n) is 1.70. The molecular formula is C13H10F2N4OS. The number of halogens is 2. The number of carbonyl (C=O) groups is 1. The topological polar surface area (TPSA) is 105 Å². The van der Waals surface area contributed by atoms with Gasteiger partial charge in [-0.1, -0.05) is 6.07 Å². The largest absolute Gasteiger partial charge is 0.396 e. The number of hydrogen-bond donors (Lipinski definition) is 3. The highest BCUT2D eigenvalue weighted by Gasteiger charge is 2.19. The third-order valence-electron chi connectivity index (χ3n) is 2.74. The molecule has 2 aromatic rings. The first-order valence-corrected chi connectivity index (χ1v) is 6.55. The number of rotatable bonds is 4. The summed E-state index contributed by atoms with van der Waals surface area (Å²) in [5.41, 5.74) is 11.1. The van der Waals surface area contributed by atoms with Gasteiger partial charge in [0.15, 0.2) is 0 Å². The van der Waals surface area contributed by atoms with Crippen molar-refractivity contribution in [2.24, 2.45) is 5.73 Å². The Hall–Kier alpha value is -2.66. The Balaban J connectivity index is 2.26. The summed E-state index contributed by atoms with van der Waals surface area (Å²) in [6.45, 7) is 0.0128. The van der Waals surface area contributed by atoms with E-state index >= 15 is 0 Å². The molecule has 0 bridgehead atoms. The number of nitrogens with zero attached hydrogens (tertiary/aromatic N) is 1. The molecule has 0 fully saturated rings. The third kappa shape index (κ3) is 2.93. The first kappa shape index (κ1) is 14.7. The van der Waals surface area contributed by atoms with Crippen molar-refractivity contribution in [1.29, 1.82) is 5.26 Å². The molecule has 1 aromatic carbocycles. The molecule has 1 aromatic heterocycles. The van der Waals surface area contributed by atoms with Crippen LogP contribution in [0.3, 0.4) is 0 Å². The number of nitrogens with two attached hydrogens (primary N) is 2. The molecular weight excluding hydrogens is 298 g/mol.